The Hall–Kier alpha value is -3.20. The third-order valence-electron chi connectivity index (χ3n) is 4.88. The molecule has 0 spiro atoms. The summed E-state index contributed by atoms with van der Waals surface area (Å²) >= 11 is 0. The molecule has 30 heavy (non-hydrogen) atoms. The molecular formula is C21H29N5O4. The van der Waals surface area contributed by atoms with Crippen molar-refractivity contribution in [2.24, 2.45) is 5.73 Å². The Bertz CT molecular complexity index is 1050. The summed E-state index contributed by atoms with van der Waals surface area (Å²) in [6, 6.07) is 9.14. The third kappa shape index (κ3) is 5.04. The average Bonchev–Trinajstić information content (AvgIpc) is 2.65. The standard InChI is InChI=1S/C21H29N5O4/c1-5-25-19(29)17(15(27)12-24(13-16(22)28)21(2,3)4)18(23)26(20(25)30)11-14-9-7-6-8-10-14/h6-10H,5,11-13,23H2,1-4H3,(H2,22,28). The first-order valence-corrected chi connectivity index (χ1v) is 9.71. The molecule has 162 valence electrons. The van der Waals surface area contributed by atoms with Crippen LogP contribution in [0.4, 0.5) is 5.82 Å². The minimum Gasteiger partial charge on any atom is -0.384 e. The van der Waals surface area contributed by atoms with Crippen LogP contribution in [0.15, 0.2) is 39.9 Å². The van der Waals surface area contributed by atoms with E-state index >= 15 is 0 Å². The minimum atomic E-state index is -0.734. The van der Waals surface area contributed by atoms with Crippen LogP contribution in [0.1, 0.15) is 43.6 Å². The van der Waals surface area contributed by atoms with Crippen molar-refractivity contribution >= 4 is 17.5 Å². The molecule has 9 heteroatoms. The number of amides is 1. The zero-order valence-corrected chi connectivity index (χ0v) is 17.8. The molecule has 0 unspecified atom stereocenters. The van der Waals surface area contributed by atoms with Gasteiger partial charge in [0, 0.05) is 12.1 Å². The number of hydrogen-bond acceptors (Lipinski definition) is 6. The zero-order valence-electron chi connectivity index (χ0n) is 17.8. The van der Waals surface area contributed by atoms with Crippen LogP contribution in [-0.2, 0) is 17.9 Å². The van der Waals surface area contributed by atoms with E-state index in [1.165, 1.54) is 4.57 Å². The molecule has 2 rings (SSSR count). The molecule has 0 radical (unpaired) electrons. The molecular weight excluding hydrogens is 386 g/mol. The lowest BCUT2D eigenvalue weighted by molar-refractivity contribution is -0.120. The van der Waals surface area contributed by atoms with E-state index in [9.17, 15) is 19.2 Å². The van der Waals surface area contributed by atoms with Gasteiger partial charge in [-0.1, -0.05) is 30.3 Å². The third-order valence-corrected chi connectivity index (χ3v) is 4.88. The second-order valence-corrected chi connectivity index (χ2v) is 8.08. The van der Waals surface area contributed by atoms with Gasteiger partial charge in [-0.3, -0.25) is 28.4 Å². The van der Waals surface area contributed by atoms with Gasteiger partial charge in [-0.2, -0.15) is 0 Å². The predicted octanol–water partition coefficient (Wildman–Crippen LogP) is 0.429. The summed E-state index contributed by atoms with van der Waals surface area (Å²) in [4.78, 5) is 51.8. The molecule has 1 amide bonds. The number of rotatable bonds is 8. The summed E-state index contributed by atoms with van der Waals surface area (Å²) in [5.74, 6) is -1.35. The summed E-state index contributed by atoms with van der Waals surface area (Å²) in [6.07, 6.45) is 0. The lowest BCUT2D eigenvalue weighted by atomic mass is 10.0. The average molecular weight is 415 g/mol. The van der Waals surface area contributed by atoms with E-state index in [-0.39, 0.29) is 37.6 Å². The fraction of sp³-hybridized carbons (Fsp3) is 0.429. The van der Waals surface area contributed by atoms with Gasteiger partial charge in [0.25, 0.3) is 5.56 Å². The Morgan fingerprint density at radius 3 is 2.13 bits per heavy atom. The highest BCUT2D eigenvalue weighted by Crippen LogP contribution is 2.15. The Kier molecular flexibility index (Phi) is 6.99. The Morgan fingerprint density at radius 1 is 1.03 bits per heavy atom. The number of aromatic nitrogens is 2. The number of anilines is 1. The van der Waals surface area contributed by atoms with Crippen molar-refractivity contribution < 1.29 is 9.59 Å². The molecule has 0 aliphatic heterocycles. The van der Waals surface area contributed by atoms with Crippen LogP contribution >= 0.6 is 0 Å². The van der Waals surface area contributed by atoms with E-state index in [2.05, 4.69) is 0 Å². The van der Waals surface area contributed by atoms with Gasteiger partial charge in [-0.25, -0.2) is 4.79 Å². The van der Waals surface area contributed by atoms with Crippen LogP contribution in [0, 0.1) is 0 Å². The normalized spacial score (nSPS) is 11.6. The van der Waals surface area contributed by atoms with Crippen molar-refractivity contribution in [1.29, 1.82) is 0 Å². The number of nitrogen functional groups attached to an aromatic ring is 1. The molecule has 0 fully saturated rings. The van der Waals surface area contributed by atoms with Crippen LogP contribution in [0.5, 0.6) is 0 Å². The van der Waals surface area contributed by atoms with Crippen LogP contribution < -0.4 is 22.7 Å². The predicted molar refractivity (Wildman–Crippen MR) is 115 cm³/mol. The monoisotopic (exact) mass is 415 g/mol. The molecule has 0 saturated heterocycles. The van der Waals surface area contributed by atoms with E-state index in [4.69, 9.17) is 11.5 Å². The van der Waals surface area contributed by atoms with Gasteiger partial charge >= 0.3 is 5.69 Å². The smallest absolute Gasteiger partial charge is 0.332 e. The van der Waals surface area contributed by atoms with Crippen LogP contribution in [0.25, 0.3) is 0 Å². The first-order chi connectivity index (χ1) is 14.0. The molecule has 0 aliphatic rings. The van der Waals surface area contributed by atoms with Crippen molar-refractivity contribution in [3.05, 3.63) is 62.3 Å². The minimum absolute atomic E-state index is 0.0945. The maximum atomic E-state index is 13.1. The molecule has 0 atom stereocenters. The van der Waals surface area contributed by atoms with Gasteiger partial charge in [-0.05, 0) is 33.3 Å². The van der Waals surface area contributed by atoms with Gasteiger partial charge in [0.2, 0.25) is 5.91 Å². The lowest BCUT2D eigenvalue weighted by Crippen LogP contribution is -2.50. The van der Waals surface area contributed by atoms with Crippen LogP contribution in [0.2, 0.25) is 0 Å². The van der Waals surface area contributed by atoms with E-state index in [1.54, 1.807) is 11.8 Å². The number of hydrogen-bond donors (Lipinski definition) is 2. The van der Waals surface area contributed by atoms with Crippen molar-refractivity contribution in [2.75, 3.05) is 18.8 Å². The molecule has 4 N–H and O–H groups in total. The zero-order chi connectivity index (χ0) is 22.6. The first-order valence-electron chi connectivity index (χ1n) is 9.71. The number of benzene rings is 1. The van der Waals surface area contributed by atoms with Crippen LogP contribution in [0.3, 0.4) is 0 Å². The number of primary amides is 1. The molecule has 9 nitrogen and oxygen atoms in total. The van der Waals surface area contributed by atoms with Gasteiger partial charge in [0.05, 0.1) is 19.6 Å². The molecule has 0 aliphatic carbocycles. The van der Waals surface area contributed by atoms with Gasteiger partial charge in [0.15, 0.2) is 5.78 Å². The number of ketones is 1. The van der Waals surface area contributed by atoms with Crippen molar-refractivity contribution in [3.8, 4) is 0 Å². The second kappa shape index (κ2) is 9.08. The Labute approximate surface area is 174 Å². The summed E-state index contributed by atoms with van der Waals surface area (Å²) in [5, 5.41) is 0. The van der Waals surface area contributed by atoms with E-state index in [0.29, 0.717) is 0 Å². The van der Waals surface area contributed by atoms with E-state index < -0.39 is 28.5 Å². The molecule has 1 aromatic carbocycles. The molecule has 2 aromatic rings. The number of nitrogens with zero attached hydrogens (tertiary/aromatic N) is 3. The molecule has 1 aromatic heterocycles. The largest absolute Gasteiger partial charge is 0.384 e. The van der Waals surface area contributed by atoms with Gasteiger partial charge in [0.1, 0.15) is 11.4 Å². The lowest BCUT2D eigenvalue weighted by Gasteiger charge is -2.34. The van der Waals surface area contributed by atoms with E-state index in [0.717, 1.165) is 10.1 Å². The maximum Gasteiger partial charge on any atom is 0.332 e. The highest BCUT2D eigenvalue weighted by Gasteiger charge is 2.29. The van der Waals surface area contributed by atoms with E-state index in [1.807, 2.05) is 51.1 Å². The number of nitrogens with two attached hydrogens (primary N) is 2. The number of carbonyl (C=O) groups excluding carboxylic acids is 2. The first kappa shape index (κ1) is 23.1. The topological polar surface area (TPSA) is 133 Å². The maximum absolute atomic E-state index is 13.1. The Morgan fingerprint density at radius 2 is 1.63 bits per heavy atom. The molecule has 0 saturated carbocycles. The highest BCUT2D eigenvalue weighted by molar-refractivity contribution is 6.01. The Balaban J connectivity index is 2.57. The SMILES string of the molecule is CCn1c(=O)c(C(=O)CN(CC(N)=O)C(C)(C)C)c(N)n(Cc2ccccc2)c1=O. The van der Waals surface area contributed by atoms with Crippen molar-refractivity contribution in [2.45, 2.75) is 46.3 Å². The quantitative estimate of drug-likeness (QED) is 0.601. The highest BCUT2D eigenvalue weighted by atomic mass is 16.2. The second-order valence-electron chi connectivity index (χ2n) is 8.08. The summed E-state index contributed by atoms with van der Waals surface area (Å²) in [7, 11) is 0. The van der Waals surface area contributed by atoms with Crippen molar-refractivity contribution in [1.82, 2.24) is 14.0 Å². The van der Waals surface area contributed by atoms with Gasteiger partial charge in [-0.15, -0.1) is 0 Å². The van der Waals surface area contributed by atoms with Crippen molar-refractivity contribution in [3.63, 3.8) is 0 Å². The number of Topliss-reactive ketones (excluding diaryl/α,β-unsaturated/α-hetero) is 1. The van der Waals surface area contributed by atoms with Gasteiger partial charge < -0.3 is 11.5 Å². The number of carbonyl (C=O) groups is 2. The van der Waals surface area contributed by atoms with Crippen LogP contribution in [-0.4, -0.2) is 44.4 Å². The summed E-state index contributed by atoms with van der Waals surface area (Å²) in [5.41, 5.74) is 10.2. The summed E-state index contributed by atoms with van der Waals surface area (Å²) < 4.78 is 2.21. The molecule has 0 bridgehead atoms. The molecule has 1 heterocycles. The summed E-state index contributed by atoms with van der Waals surface area (Å²) in [6.45, 7) is 6.95. The fourth-order valence-electron chi connectivity index (χ4n) is 3.15. The fourth-order valence-corrected chi connectivity index (χ4v) is 3.15.